The van der Waals surface area contributed by atoms with Crippen molar-refractivity contribution in [1.82, 2.24) is 10.2 Å². The summed E-state index contributed by atoms with van der Waals surface area (Å²) in [6, 6.07) is 6.26. The van der Waals surface area contributed by atoms with Crippen molar-refractivity contribution in [2.45, 2.75) is 32.7 Å². The van der Waals surface area contributed by atoms with E-state index in [1.54, 1.807) is 38.3 Å². The van der Waals surface area contributed by atoms with Gasteiger partial charge in [0.25, 0.3) is 5.91 Å². The van der Waals surface area contributed by atoms with Gasteiger partial charge < -0.3 is 15.4 Å². The van der Waals surface area contributed by atoms with E-state index in [1.807, 2.05) is 13.8 Å². The number of imide groups is 1. The van der Waals surface area contributed by atoms with E-state index in [-0.39, 0.29) is 18.4 Å². The predicted octanol–water partition coefficient (Wildman–Crippen LogP) is 1.99. The van der Waals surface area contributed by atoms with Gasteiger partial charge in [0.1, 0.15) is 17.8 Å². The fraction of sp³-hybridized carbons (Fsp3) is 0.471. The van der Waals surface area contributed by atoms with Crippen LogP contribution in [0.2, 0.25) is 0 Å². The molecule has 2 rings (SSSR count). The average molecular weight is 333 g/mol. The van der Waals surface area contributed by atoms with Crippen molar-refractivity contribution in [2.75, 3.05) is 19.0 Å². The summed E-state index contributed by atoms with van der Waals surface area (Å²) in [5, 5.41) is 5.35. The Bertz CT molecular complexity index is 642. The number of hydrogen-bond acceptors (Lipinski definition) is 4. The highest BCUT2D eigenvalue weighted by Crippen LogP contribution is 2.25. The van der Waals surface area contributed by atoms with Gasteiger partial charge >= 0.3 is 6.03 Å². The smallest absolute Gasteiger partial charge is 0.325 e. The second-order valence-corrected chi connectivity index (χ2v) is 6.53. The molecule has 0 radical (unpaired) electrons. The summed E-state index contributed by atoms with van der Waals surface area (Å²) in [6.45, 7) is 5.33. The van der Waals surface area contributed by atoms with Gasteiger partial charge in [-0.1, -0.05) is 13.8 Å². The van der Waals surface area contributed by atoms with Crippen molar-refractivity contribution >= 4 is 23.5 Å². The molecule has 1 atom stereocenters. The maximum atomic E-state index is 12.5. The molecular formula is C17H23N3O4. The fourth-order valence-corrected chi connectivity index (χ4v) is 2.86. The largest absolute Gasteiger partial charge is 0.497 e. The zero-order valence-corrected chi connectivity index (χ0v) is 14.4. The van der Waals surface area contributed by atoms with Gasteiger partial charge in [-0.15, -0.1) is 0 Å². The molecule has 0 aromatic heterocycles. The Morgan fingerprint density at radius 1 is 1.29 bits per heavy atom. The highest BCUT2D eigenvalue weighted by atomic mass is 16.5. The van der Waals surface area contributed by atoms with E-state index in [1.165, 1.54) is 0 Å². The molecule has 1 aromatic carbocycles. The molecule has 2 N–H and O–H groups in total. The number of carbonyl (C=O) groups is 3. The average Bonchev–Trinajstić information content (AvgIpc) is 2.70. The Kier molecular flexibility index (Phi) is 5.11. The summed E-state index contributed by atoms with van der Waals surface area (Å²) in [4.78, 5) is 37.6. The lowest BCUT2D eigenvalue weighted by molar-refractivity contribution is -0.133. The molecule has 24 heavy (non-hydrogen) atoms. The van der Waals surface area contributed by atoms with Crippen LogP contribution in [0.1, 0.15) is 27.2 Å². The number of urea groups is 1. The van der Waals surface area contributed by atoms with E-state index in [0.29, 0.717) is 17.9 Å². The Balaban J connectivity index is 2.00. The molecule has 1 heterocycles. The SMILES string of the molecule is COc1ccc(NC(=O)CN2C(=O)N[C@@](C)(CC(C)C)C2=O)cc1. The minimum Gasteiger partial charge on any atom is -0.497 e. The third kappa shape index (κ3) is 3.84. The summed E-state index contributed by atoms with van der Waals surface area (Å²) >= 11 is 0. The summed E-state index contributed by atoms with van der Waals surface area (Å²) in [6.07, 6.45) is 0.522. The minimum absolute atomic E-state index is 0.243. The Morgan fingerprint density at radius 3 is 2.46 bits per heavy atom. The summed E-state index contributed by atoms with van der Waals surface area (Å²) in [7, 11) is 1.55. The number of hydrogen-bond donors (Lipinski definition) is 2. The zero-order valence-electron chi connectivity index (χ0n) is 14.4. The molecular weight excluding hydrogens is 310 g/mol. The van der Waals surface area contributed by atoms with E-state index in [2.05, 4.69) is 10.6 Å². The van der Waals surface area contributed by atoms with Crippen LogP contribution in [0.5, 0.6) is 5.75 Å². The summed E-state index contributed by atoms with van der Waals surface area (Å²) < 4.78 is 5.05. The van der Waals surface area contributed by atoms with Crippen molar-refractivity contribution in [3.63, 3.8) is 0 Å². The second kappa shape index (κ2) is 6.90. The lowest BCUT2D eigenvalue weighted by Gasteiger charge is -2.23. The van der Waals surface area contributed by atoms with E-state index in [0.717, 1.165) is 4.90 Å². The summed E-state index contributed by atoms with van der Waals surface area (Å²) in [5.74, 6) is 0.113. The fourth-order valence-electron chi connectivity index (χ4n) is 2.86. The van der Waals surface area contributed by atoms with Crippen LogP contribution in [0.25, 0.3) is 0 Å². The summed E-state index contributed by atoms with van der Waals surface area (Å²) in [5.41, 5.74) is -0.385. The molecule has 0 aliphatic carbocycles. The van der Waals surface area contributed by atoms with Crippen LogP contribution in [0.15, 0.2) is 24.3 Å². The highest BCUT2D eigenvalue weighted by Gasteiger charge is 2.48. The first-order chi connectivity index (χ1) is 11.2. The van der Waals surface area contributed by atoms with Crippen LogP contribution in [0, 0.1) is 5.92 Å². The van der Waals surface area contributed by atoms with Crippen LogP contribution in [-0.4, -0.2) is 41.9 Å². The molecule has 1 aliphatic rings. The van der Waals surface area contributed by atoms with Crippen LogP contribution in [0.4, 0.5) is 10.5 Å². The molecule has 0 bridgehead atoms. The van der Waals surface area contributed by atoms with E-state index in [9.17, 15) is 14.4 Å². The number of methoxy groups -OCH3 is 1. The van der Waals surface area contributed by atoms with Crippen molar-refractivity contribution in [3.8, 4) is 5.75 Å². The number of rotatable bonds is 6. The van der Waals surface area contributed by atoms with Crippen LogP contribution >= 0.6 is 0 Å². The third-order valence-corrected chi connectivity index (χ3v) is 3.84. The van der Waals surface area contributed by atoms with Crippen molar-refractivity contribution in [3.05, 3.63) is 24.3 Å². The molecule has 1 fully saturated rings. The third-order valence-electron chi connectivity index (χ3n) is 3.84. The Hall–Kier alpha value is -2.57. The van der Waals surface area contributed by atoms with Gasteiger partial charge in [0.2, 0.25) is 5.91 Å². The molecule has 7 nitrogen and oxygen atoms in total. The molecule has 1 aliphatic heterocycles. The molecule has 0 spiro atoms. The number of nitrogens with zero attached hydrogens (tertiary/aromatic N) is 1. The lowest BCUT2D eigenvalue weighted by Crippen LogP contribution is -2.45. The van der Waals surface area contributed by atoms with Gasteiger partial charge in [0, 0.05) is 5.69 Å². The predicted molar refractivity (Wildman–Crippen MR) is 89.7 cm³/mol. The highest BCUT2D eigenvalue weighted by molar-refractivity contribution is 6.09. The van der Waals surface area contributed by atoms with Gasteiger partial charge in [-0.2, -0.15) is 0 Å². The Labute approximate surface area is 141 Å². The first-order valence-corrected chi connectivity index (χ1v) is 7.83. The molecule has 130 valence electrons. The van der Waals surface area contributed by atoms with E-state index >= 15 is 0 Å². The van der Waals surface area contributed by atoms with Gasteiger partial charge in [0.05, 0.1) is 7.11 Å². The monoisotopic (exact) mass is 333 g/mol. The van der Waals surface area contributed by atoms with Gasteiger partial charge in [-0.25, -0.2) is 4.79 Å². The molecule has 1 saturated heterocycles. The maximum absolute atomic E-state index is 12.5. The van der Waals surface area contributed by atoms with Crippen LogP contribution in [-0.2, 0) is 9.59 Å². The standard InChI is InChI=1S/C17H23N3O4/c1-11(2)9-17(3)15(22)20(16(23)19-17)10-14(21)18-12-5-7-13(24-4)8-6-12/h5-8,11H,9-10H2,1-4H3,(H,18,21)(H,19,23)/t17-/m0/s1. The molecule has 0 unspecified atom stereocenters. The quantitative estimate of drug-likeness (QED) is 0.779. The van der Waals surface area contributed by atoms with Crippen molar-refractivity contribution < 1.29 is 19.1 Å². The van der Waals surface area contributed by atoms with Gasteiger partial charge in [0.15, 0.2) is 0 Å². The number of amides is 4. The first-order valence-electron chi connectivity index (χ1n) is 7.83. The van der Waals surface area contributed by atoms with Crippen LogP contribution < -0.4 is 15.4 Å². The molecule has 0 saturated carbocycles. The number of benzene rings is 1. The first kappa shape index (κ1) is 17.8. The topological polar surface area (TPSA) is 87.7 Å². The number of ether oxygens (including phenoxy) is 1. The number of nitrogens with one attached hydrogen (secondary N) is 2. The normalized spacial score (nSPS) is 20.3. The zero-order chi connectivity index (χ0) is 17.9. The van der Waals surface area contributed by atoms with Crippen LogP contribution in [0.3, 0.4) is 0 Å². The van der Waals surface area contributed by atoms with Crippen molar-refractivity contribution in [1.29, 1.82) is 0 Å². The second-order valence-electron chi connectivity index (χ2n) is 6.53. The minimum atomic E-state index is -0.953. The molecule has 4 amide bonds. The van der Waals surface area contributed by atoms with E-state index < -0.39 is 17.5 Å². The Morgan fingerprint density at radius 2 is 1.92 bits per heavy atom. The van der Waals surface area contributed by atoms with E-state index in [4.69, 9.17) is 4.74 Å². The van der Waals surface area contributed by atoms with Crippen molar-refractivity contribution in [2.24, 2.45) is 5.92 Å². The number of carbonyl (C=O) groups excluding carboxylic acids is 3. The molecule has 7 heteroatoms. The number of anilines is 1. The molecule has 1 aromatic rings. The lowest BCUT2D eigenvalue weighted by atomic mass is 9.91. The van der Waals surface area contributed by atoms with Gasteiger partial charge in [-0.3, -0.25) is 14.5 Å². The maximum Gasteiger partial charge on any atom is 0.325 e. The van der Waals surface area contributed by atoms with Gasteiger partial charge in [-0.05, 0) is 43.5 Å².